The summed E-state index contributed by atoms with van der Waals surface area (Å²) < 4.78 is 0. The van der Waals surface area contributed by atoms with E-state index in [-0.39, 0.29) is 0 Å². The summed E-state index contributed by atoms with van der Waals surface area (Å²) in [5.74, 6) is 1.93. The van der Waals surface area contributed by atoms with E-state index < -0.39 is 11.5 Å². The Kier molecular flexibility index (Phi) is 4.29. The largest absolute Gasteiger partial charge is 0.371 e. The first-order valence-electron chi connectivity index (χ1n) is 5.90. The normalized spacial score (nSPS) is 15.2. The van der Waals surface area contributed by atoms with E-state index in [9.17, 15) is 5.11 Å². The molecule has 2 unspecified atom stereocenters. The molecule has 2 rings (SSSR count). The molecule has 0 aliphatic carbocycles. The Morgan fingerprint density at radius 2 is 2.10 bits per heavy atom. The van der Waals surface area contributed by atoms with Gasteiger partial charge in [0.25, 0.3) is 0 Å². The van der Waals surface area contributed by atoms with Crippen LogP contribution in [0.15, 0.2) is 36.8 Å². The number of rotatable bonds is 3. The zero-order chi connectivity index (χ0) is 14.8. The van der Waals surface area contributed by atoms with E-state index in [1.807, 2.05) is 0 Å². The fourth-order valence-electron chi connectivity index (χ4n) is 1.99. The number of aliphatic hydroxyl groups is 1. The maximum absolute atomic E-state index is 10.8. The Morgan fingerprint density at radius 1 is 1.35 bits per heavy atom. The van der Waals surface area contributed by atoms with Gasteiger partial charge in [0.15, 0.2) is 5.60 Å². The third-order valence-corrected chi connectivity index (χ3v) is 3.79. The molecule has 0 saturated heterocycles. The molecule has 1 aromatic heterocycles. The average Bonchev–Trinajstić information content (AvgIpc) is 2.46. The van der Waals surface area contributed by atoms with Crippen LogP contribution in [0.4, 0.5) is 0 Å². The lowest BCUT2D eigenvalue weighted by Crippen LogP contribution is -2.31. The van der Waals surface area contributed by atoms with Gasteiger partial charge in [-0.3, -0.25) is 9.97 Å². The maximum atomic E-state index is 10.8. The summed E-state index contributed by atoms with van der Waals surface area (Å²) in [6.07, 6.45) is 9.96. The van der Waals surface area contributed by atoms with Crippen LogP contribution >= 0.6 is 23.2 Å². The minimum atomic E-state index is -1.59. The van der Waals surface area contributed by atoms with E-state index in [4.69, 9.17) is 29.6 Å². The van der Waals surface area contributed by atoms with Crippen LogP contribution in [-0.2, 0) is 5.60 Å². The fraction of sp³-hybridized carbons (Fsp3) is 0.200. The van der Waals surface area contributed by atoms with E-state index in [1.54, 1.807) is 25.1 Å². The molecule has 0 amide bonds. The molecule has 5 heteroatoms. The second-order valence-electron chi connectivity index (χ2n) is 4.39. The molecule has 20 heavy (non-hydrogen) atoms. The van der Waals surface area contributed by atoms with Crippen molar-refractivity contribution in [3.63, 3.8) is 0 Å². The van der Waals surface area contributed by atoms with Gasteiger partial charge >= 0.3 is 0 Å². The summed E-state index contributed by atoms with van der Waals surface area (Å²) in [7, 11) is 0. The predicted molar refractivity (Wildman–Crippen MR) is 79.6 cm³/mol. The zero-order valence-electron chi connectivity index (χ0n) is 10.7. The minimum absolute atomic E-state index is 0.306. The molecular weight excluding hydrogens is 295 g/mol. The number of halogens is 2. The summed E-state index contributed by atoms with van der Waals surface area (Å²) in [6.45, 7) is 1.78. The molecule has 0 bridgehead atoms. The van der Waals surface area contributed by atoms with Crippen LogP contribution in [0.1, 0.15) is 24.1 Å². The second kappa shape index (κ2) is 5.80. The molecule has 0 radical (unpaired) electrons. The standard InChI is InChI=1S/C15H12Cl2N2O/c1-3-15(20,14-9-18-6-7-19-14)10(2)12-5-4-11(16)8-13(12)17/h1,4-10,20H,2H3. The van der Waals surface area contributed by atoms with Crippen molar-refractivity contribution in [3.8, 4) is 12.3 Å². The molecule has 0 aliphatic heterocycles. The van der Waals surface area contributed by atoms with Crippen molar-refractivity contribution in [2.75, 3.05) is 0 Å². The molecule has 2 aromatic rings. The number of terminal acetylenes is 1. The highest BCUT2D eigenvalue weighted by Gasteiger charge is 2.37. The van der Waals surface area contributed by atoms with Crippen LogP contribution in [0, 0.1) is 12.3 Å². The van der Waals surface area contributed by atoms with E-state index in [2.05, 4.69) is 15.9 Å². The average molecular weight is 307 g/mol. The highest BCUT2D eigenvalue weighted by Crippen LogP contribution is 2.38. The summed E-state index contributed by atoms with van der Waals surface area (Å²) in [6, 6.07) is 5.06. The topological polar surface area (TPSA) is 46.0 Å². The van der Waals surface area contributed by atoms with Crippen LogP contribution in [0.5, 0.6) is 0 Å². The van der Waals surface area contributed by atoms with Crippen molar-refractivity contribution >= 4 is 23.2 Å². The van der Waals surface area contributed by atoms with E-state index >= 15 is 0 Å². The molecule has 1 heterocycles. The number of nitrogens with zero attached hydrogens (tertiary/aromatic N) is 2. The SMILES string of the molecule is C#CC(O)(c1cnccn1)C(C)c1ccc(Cl)cc1Cl. The Balaban J connectivity index is 2.49. The molecule has 3 nitrogen and oxygen atoms in total. The summed E-state index contributed by atoms with van der Waals surface area (Å²) in [5.41, 5.74) is -0.589. The smallest absolute Gasteiger partial charge is 0.175 e. The molecule has 0 saturated carbocycles. The molecule has 0 spiro atoms. The number of hydrogen-bond donors (Lipinski definition) is 1. The Morgan fingerprint density at radius 3 is 2.65 bits per heavy atom. The van der Waals surface area contributed by atoms with Gasteiger partial charge in [0, 0.05) is 28.4 Å². The van der Waals surface area contributed by atoms with E-state index in [1.165, 1.54) is 18.6 Å². The number of aromatic nitrogens is 2. The van der Waals surface area contributed by atoms with Crippen LogP contribution in [0.25, 0.3) is 0 Å². The third-order valence-electron chi connectivity index (χ3n) is 3.23. The van der Waals surface area contributed by atoms with Gasteiger partial charge in [-0.1, -0.05) is 42.1 Å². The first kappa shape index (κ1) is 14.8. The van der Waals surface area contributed by atoms with Gasteiger partial charge < -0.3 is 5.11 Å². The monoisotopic (exact) mass is 306 g/mol. The number of hydrogen-bond acceptors (Lipinski definition) is 3. The zero-order valence-corrected chi connectivity index (χ0v) is 12.2. The van der Waals surface area contributed by atoms with E-state index in [0.29, 0.717) is 21.3 Å². The Labute approximate surface area is 127 Å². The van der Waals surface area contributed by atoms with Crippen LogP contribution in [0.3, 0.4) is 0 Å². The van der Waals surface area contributed by atoms with Gasteiger partial charge in [0.1, 0.15) is 5.69 Å². The summed E-state index contributed by atoms with van der Waals surface area (Å²) in [4.78, 5) is 8.03. The lowest BCUT2D eigenvalue weighted by Gasteiger charge is -2.29. The van der Waals surface area contributed by atoms with Gasteiger partial charge in [0.05, 0.1) is 6.20 Å². The van der Waals surface area contributed by atoms with Gasteiger partial charge in [-0.05, 0) is 17.7 Å². The Hall–Kier alpha value is -1.60. The molecule has 0 fully saturated rings. The third kappa shape index (κ3) is 2.64. The summed E-state index contributed by atoms with van der Waals surface area (Å²) >= 11 is 12.1. The first-order chi connectivity index (χ1) is 9.49. The number of benzene rings is 1. The van der Waals surface area contributed by atoms with Crippen molar-refractivity contribution in [1.82, 2.24) is 9.97 Å². The minimum Gasteiger partial charge on any atom is -0.371 e. The molecule has 102 valence electrons. The predicted octanol–water partition coefficient (Wildman–Crippen LogP) is 3.41. The fourth-order valence-corrected chi connectivity index (χ4v) is 2.57. The Bertz CT molecular complexity index is 655. The molecular formula is C15H12Cl2N2O. The highest BCUT2D eigenvalue weighted by molar-refractivity contribution is 6.35. The highest BCUT2D eigenvalue weighted by atomic mass is 35.5. The van der Waals surface area contributed by atoms with Crippen LogP contribution < -0.4 is 0 Å². The quantitative estimate of drug-likeness (QED) is 0.884. The lowest BCUT2D eigenvalue weighted by molar-refractivity contribution is 0.0697. The van der Waals surface area contributed by atoms with Crippen molar-refractivity contribution < 1.29 is 5.11 Å². The van der Waals surface area contributed by atoms with Crippen molar-refractivity contribution in [2.45, 2.75) is 18.4 Å². The first-order valence-corrected chi connectivity index (χ1v) is 6.66. The van der Waals surface area contributed by atoms with Crippen LogP contribution in [-0.4, -0.2) is 15.1 Å². The van der Waals surface area contributed by atoms with E-state index in [0.717, 1.165) is 0 Å². The van der Waals surface area contributed by atoms with Crippen molar-refractivity contribution in [2.24, 2.45) is 0 Å². The molecule has 1 N–H and O–H groups in total. The maximum Gasteiger partial charge on any atom is 0.175 e. The second-order valence-corrected chi connectivity index (χ2v) is 5.23. The van der Waals surface area contributed by atoms with Crippen LogP contribution in [0.2, 0.25) is 10.0 Å². The van der Waals surface area contributed by atoms with Crippen molar-refractivity contribution in [1.29, 1.82) is 0 Å². The van der Waals surface area contributed by atoms with Gasteiger partial charge in [-0.2, -0.15) is 0 Å². The summed E-state index contributed by atoms with van der Waals surface area (Å²) in [5, 5.41) is 11.7. The lowest BCUT2D eigenvalue weighted by atomic mass is 9.81. The van der Waals surface area contributed by atoms with Gasteiger partial charge in [-0.25, -0.2) is 0 Å². The molecule has 0 aliphatic rings. The van der Waals surface area contributed by atoms with Gasteiger partial charge in [0.2, 0.25) is 0 Å². The molecule has 2 atom stereocenters. The molecule has 1 aromatic carbocycles. The van der Waals surface area contributed by atoms with Crippen molar-refractivity contribution in [3.05, 3.63) is 58.1 Å². The van der Waals surface area contributed by atoms with Gasteiger partial charge in [-0.15, -0.1) is 6.42 Å².